The third-order valence-electron chi connectivity index (χ3n) is 2.75. The van der Waals surface area contributed by atoms with Gasteiger partial charge in [-0.3, -0.25) is 4.79 Å². The summed E-state index contributed by atoms with van der Waals surface area (Å²) in [5.74, 6) is -2.10. The fourth-order valence-corrected chi connectivity index (χ4v) is 2.23. The number of hydrogen-bond acceptors (Lipinski definition) is 2. The number of nitrogens with one attached hydrogen (secondary N) is 1. The zero-order valence-electron chi connectivity index (χ0n) is 10.5. The zero-order chi connectivity index (χ0) is 14.9. The molecule has 2 aromatic carbocycles. The molecule has 0 spiro atoms. The molecule has 2 rings (SSSR count). The number of rotatable bonds is 2. The lowest BCUT2D eigenvalue weighted by atomic mass is 10.1. The van der Waals surface area contributed by atoms with Crippen LogP contribution in [0.15, 0.2) is 34.8 Å². The van der Waals surface area contributed by atoms with Crippen molar-refractivity contribution in [1.29, 1.82) is 0 Å². The maximum Gasteiger partial charge on any atom is 0.256 e. The normalized spacial score (nSPS) is 10.4. The van der Waals surface area contributed by atoms with Gasteiger partial charge >= 0.3 is 0 Å². The van der Waals surface area contributed by atoms with Crippen LogP contribution >= 0.6 is 15.9 Å². The number of nitrogen functional groups attached to an aromatic ring is 1. The van der Waals surface area contributed by atoms with E-state index in [-0.39, 0.29) is 10.2 Å². The number of benzene rings is 2. The molecule has 1 amide bonds. The SMILES string of the molecule is Cc1ccc(N)cc1C(=O)Nc1c(F)cc(F)cc1Br. The van der Waals surface area contributed by atoms with Gasteiger partial charge in [-0.2, -0.15) is 0 Å². The molecule has 0 fully saturated rings. The Bertz CT molecular complexity index is 666. The number of nitrogens with two attached hydrogens (primary N) is 1. The van der Waals surface area contributed by atoms with E-state index in [1.165, 1.54) is 6.07 Å². The fourth-order valence-electron chi connectivity index (χ4n) is 1.73. The van der Waals surface area contributed by atoms with Crippen LogP contribution in [-0.2, 0) is 0 Å². The summed E-state index contributed by atoms with van der Waals surface area (Å²) in [4.78, 5) is 12.1. The van der Waals surface area contributed by atoms with E-state index < -0.39 is 17.5 Å². The molecular formula is C14H11BrF2N2O. The highest BCUT2D eigenvalue weighted by Crippen LogP contribution is 2.27. The Hall–Kier alpha value is -1.95. The average Bonchev–Trinajstić information content (AvgIpc) is 2.36. The lowest BCUT2D eigenvalue weighted by Gasteiger charge is -2.11. The summed E-state index contributed by atoms with van der Waals surface area (Å²) in [6, 6.07) is 6.64. The zero-order valence-corrected chi connectivity index (χ0v) is 12.1. The Morgan fingerprint density at radius 1 is 1.25 bits per heavy atom. The molecule has 0 bridgehead atoms. The first-order valence-electron chi connectivity index (χ1n) is 5.70. The molecule has 0 radical (unpaired) electrons. The van der Waals surface area contributed by atoms with Gasteiger partial charge in [0.05, 0.1) is 5.69 Å². The van der Waals surface area contributed by atoms with E-state index in [9.17, 15) is 13.6 Å². The second-order valence-corrected chi connectivity index (χ2v) is 5.13. The maximum atomic E-state index is 13.7. The second kappa shape index (κ2) is 5.58. The van der Waals surface area contributed by atoms with Crippen LogP contribution in [0.4, 0.5) is 20.2 Å². The van der Waals surface area contributed by atoms with Gasteiger partial charge in [-0.15, -0.1) is 0 Å². The average molecular weight is 341 g/mol. The number of amides is 1. The first-order valence-corrected chi connectivity index (χ1v) is 6.50. The molecule has 2 aromatic rings. The summed E-state index contributed by atoms with van der Waals surface area (Å²) < 4.78 is 26.8. The van der Waals surface area contributed by atoms with Crippen molar-refractivity contribution in [3.8, 4) is 0 Å². The van der Waals surface area contributed by atoms with E-state index in [2.05, 4.69) is 21.2 Å². The van der Waals surface area contributed by atoms with E-state index in [0.29, 0.717) is 22.9 Å². The van der Waals surface area contributed by atoms with Gasteiger partial charge in [0.2, 0.25) is 0 Å². The van der Waals surface area contributed by atoms with Crippen LogP contribution in [0, 0.1) is 18.6 Å². The van der Waals surface area contributed by atoms with Crippen LogP contribution in [0.1, 0.15) is 15.9 Å². The summed E-state index contributed by atoms with van der Waals surface area (Å²) in [6.45, 7) is 1.74. The van der Waals surface area contributed by atoms with Crippen LogP contribution in [0.25, 0.3) is 0 Å². The molecule has 3 nitrogen and oxygen atoms in total. The topological polar surface area (TPSA) is 55.1 Å². The molecule has 0 aliphatic rings. The van der Waals surface area contributed by atoms with Crippen molar-refractivity contribution in [3.05, 3.63) is 57.6 Å². The molecule has 0 saturated carbocycles. The molecule has 0 saturated heterocycles. The summed E-state index contributed by atoms with van der Waals surface area (Å²) in [7, 11) is 0. The van der Waals surface area contributed by atoms with Crippen molar-refractivity contribution in [3.63, 3.8) is 0 Å². The lowest BCUT2D eigenvalue weighted by Crippen LogP contribution is -2.15. The second-order valence-electron chi connectivity index (χ2n) is 4.27. The summed E-state index contributed by atoms with van der Waals surface area (Å²) in [5.41, 5.74) is 6.98. The number of aryl methyl sites for hydroxylation is 1. The summed E-state index contributed by atoms with van der Waals surface area (Å²) in [5, 5.41) is 2.41. The standard InChI is InChI=1S/C14H11BrF2N2O/c1-7-2-3-9(18)6-10(7)14(20)19-13-11(15)4-8(16)5-12(13)17/h2-6H,18H2,1H3,(H,19,20). The Morgan fingerprint density at radius 3 is 2.60 bits per heavy atom. The van der Waals surface area contributed by atoms with Crippen molar-refractivity contribution in [2.45, 2.75) is 6.92 Å². The molecule has 3 N–H and O–H groups in total. The number of anilines is 2. The first kappa shape index (κ1) is 14.5. The van der Waals surface area contributed by atoms with Crippen LogP contribution in [-0.4, -0.2) is 5.91 Å². The van der Waals surface area contributed by atoms with Gasteiger partial charge < -0.3 is 11.1 Å². The molecule has 0 heterocycles. The van der Waals surface area contributed by atoms with Gasteiger partial charge in [0.1, 0.15) is 5.82 Å². The predicted molar refractivity (Wildman–Crippen MR) is 77.6 cm³/mol. The highest BCUT2D eigenvalue weighted by atomic mass is 79.9. The predicted octanol–water partition coefficient (Wildman–Crippen LogP) is 3.87. The van der Waals surface area contributed by atoms with Gasteiger partial charge in [0.25, 0.3) is 5.91 Å². The molecule has 6 heteroatoms. The molecule has 104 valence electrons. The number of carbonyl (C=O) groups is 1. The van der Waals surface area contributed by atoms with Crippen molar-refractivity contribution in [2.75, 3.05) is 11.1 Å². The van der Waals surface area contributed by atoms with Crippen molar-refractivity contribution < 1.29 is 13.6 Å². The minimum Gasteiger partial charge on any atom is -0.399 e. The van der Waals surface area contributed by atoms with Gasteiger partial charge in [-0.1, -0.05) is 6.07 Å². The van der Waals surface area contributed by atoms with Gasteiger partial charge in [-0.05, 0) is 46.6 Å². The Labute approximate surface area is 122 Å². The largest absolute Gasteiger partial charge is 0.399 e. The summed E-state index contributed by atoms with van der Waals surface area (Å²) in [6.07, 6.45) is 0. The molecule has 0 aliphatic carbocycles. The van der Waals surface area contributed by atoms with E-state index in [1.54, 1.807) is 19.1 Å². The number of carbonyl (C=O) groups excluding carboxylic acids is 1. The van der Waals surface area contributed by atoms with E-state index >= 15 is 0 Å². The van der Waals surface area contributed by atoms with Crippen LogP contribution in [0.2, 0.25) is 0 Å². The quantitative estimate of drug-likeness (QED) is 0.815. The molecular weight excluding hydrogens is 330 g/mol. The molecule has 0 aliphatic heterocycles. The molecule has 0 unspecified atom stereocenters. The lowest BCUT2D eigenvalue weighted by molar-refractivity contribution is 0.102. The minimum absolute atomic E-state index is 0.113. The van der Waals surface area contributed by atoms with Crippen LogP contribution < -0.4 is 11.1 Å². The van der Waals surface area contributed by atoms with Crippen LogP contribution in [0.5, 0.6) is 0 Å². The van der Waals surface area contributed by atoms with E-state index in [1.807, 2.05) is 0 Å². The van der Waals surface area contributed by atoms with Crippen molar-refractivity contribution in [2.24, 2.45) is 0 Å². The third kappa shape index (κ3) is 2.96. The number of hydrogen-bond donors (Lipinski definition) is 2. The van der Waals surface area contributed by atoms with E-state index in [0.717, 1.165) is 6.07 Å². The maximum absolute atomic E-state index is 13.7. The van der Waals surface area contributed by atoms with Crippen molar-refractivity contribution in [1.82, 2.24) is 0 Å². The fraction of sp³-hybridized carbons (Fsp3) is 0.0714. The Kier molecular flexibility index (Phi) is 4.04. The Balaban J connectivity index is 2.35. The third-order valence-corrected chi connectivity index (χ3v) is 3.38. The smallest absolute Gasteiger partial charge is 0.256 e. The minimum atomic E-state index is -0.855. The van der Waals surface area contributed by atoms with Gasteiger partial charge in [0, 0.05) is 21.8 Å². The van der Waals surface area contributed by atoms with Crippen LogP contribution in [0.3, 0.4) is 0 Å². The summed E-state index contributed by atoms with van der Waals surface area (Å²) >= 11 is 3.01. The highest BCUT2D eigenvalue weighted by molar-refractivity contribution is 9.10. The van der Waals surface area contributed by atoms with Crippen molar-refractivity contribution >= 4 is 33.2 Å². The molecule has 0 aromatic heterocycles. The number of halogens is 3. The highest BCUT2D eigenvalue weighted by Gasteiger charge is 2.15. The molecule has 0 atom stereocenters. The molecule has 20 heavy (non-hydrogen) atoms. The van der Waals surface area contributed by atoms with Gasteiger partial charge in [0.15, 0.2) is 5.82 Å². The first-order chi connectivity index (χ1) is 9.38. The monoisotopic (exact) mass is 340 g/mol. The van der Waals surface area contributed by atoms with E-state index in [4.69, 9.17) is 5.73 Å². The van der Waals surface area contributed by atoms with Gasteiger partial charge in [-0.25, -0.2) is 8.78 Å². The Morgan fingerprint density at radius 2 is 1.95 bits per heavy atom.